The number of hydrogen-bond acceptors (Lipinski definition) is 4. The van der Waals surface area contributed by atoms with Crippen LogP contribution in [-0.4, -0.2) is 23.3 Å². The Morgan fingerprint density at radius 3 is 2.40 bits per heavy atom. The van der Waals surface area contributed by atoms with Crippen LogP contribution in [0.5, 0.6) is 0 Å². The van der Waals surface area contributed by atoms with E-state index >= 15 is 0 Å². The highest BCUT2D eigenvalue weighted by molar-refractivity contribution is 5.69. The summed E-state index contributed by atoms with van der Waals surface area (Å²) < 4.78 is 4.64. The molecule has 112 valence electrons. The number of benzene rings is 1. The fourth-order valence-corrected chi connectivity index (χ4v) is 2.27. The van der Waals surface area contributed by atoms with E-state index in [1.807, 2.05) is 18.2 Å². The summed E-state index contributed by atoms with van der Waals surface area (Å²) in [5, 5.41) is 18.6. The lowest BCUT2D eigenvalue weighted by Crippen LogP contribution is -2.18. The second-order valence-corrected chi connectivity index (χ2v) is 5.61. The van der Waals surface area contributed by atoms with Gasteiger partial charge >= 0.3 is 5.97 Å². The zero-order valence-electron chi connectivity index (χ0n) is 12.5. The van der Waals surface area contributed by atoms with Crippen molar-refractivity contribution >= 4 is 5.97 Å². The average Bonchev–Trinajstić information content (AvgIpc) is 2.45. The van der Waals surface area contributed by atoms with E-state index in [9.17, 15) is 15.0 Å². The van der Waals surface area contributed by atoms with Crippen molar-refractivity contribution in [3.63, 3.8) is 0 Å². The molecule has 1 rings (SSSR count). The monoisotopic (exact) mass is 280 g/mol. The maximum atomic E-state index is 11.1. The van der Waals surface area contributed by atoms with Crippen molar-refractivity contribution in [2.24, 2.45) is 0 Å². The van der Waals surface area contributed by atoms with Crippen LogP contribution in [0.25, 0.3) is 0 Å². The lowest BCUT2D eigenvalue weighted by Gasteiger charge is -2.26. The van der Waals surface area contributed by atoms with Gasteiger partial charge in [0.1, 0.15) is 0 Å². The predicted molar refractivity (Wildman–Crippen MR) is 77.2 cm³/mol. The molecular weight excluding hydrogens is 256 g/mol. The van der Waals surface area contributed by atoms with Crippen LogP contribution in [0.1, 0.15) is 49.8 Å². The molecule has 0 aliphatic carbocycles. The van der Waals surface area contributed by atoms with Crippen LogP contribution in [0.15, 0.2) is 18.2 Å². The summed E-state index contributed by atoms with van der Waals surface area (Å²) in [5.74, 6) is -0.188. The topological polar surface area (TPSA) is 66.8 Å². The van der Waals surface area contributed by atoms with Crippen LogP contribution < -0.4 is 0 Å². The maximum absolute atomic E-state index is 11.1. The minimum Gasteiger partial charge on any atom is -0.469 e. The molecule has 0 heterocycles. The Hall–Kier alpha value is -1.39. The van der Waals surface area contributed by atoms with E-state index in [0.717, 1.165) is 29.5 Å². The number of esters is 1. The minimum atomic E-state index is -0.188. The van der Waals surface area contributed by atoms with Crippen molar-refractivity contribution in [1.29, 1.82) is 0 Å². The van der Waals surface area contributed by atoms with E-state index in [4.69, 9.17) is 0 Å². The highest BCUT2D eigenvalue weighted by atomic mass is 16.5. The van der Waals surface area contributed by atoms with Gasteiger partial charge in [0, 0.05) is 6.42 Å². The molecule has 0 aliphatic heterocycles. The smallest absolute Gasteiger partial charge is 0.305 e. The molecule has 0 aromatic heterocycles. The van der Waals surface area contributed by atoms with Crippen molar-refractivity contribution in [2.45, 2.75) is 51.7 Å². The quantitative estimate of drug-likeness (QED) is 0.752. The first-order valence-electron chi connectivity index (χ1n) is 6.85. The molecule has 0 amide bonds. The van der Waals surface area contributed by atoms with Gasteiger partial charge in [-0.05, 0) is 34.9 Å². The summed E-state index contributed by atoms with van der Waals surface area (Å²) in [5.41, 5.74) is 2.52. The molecule has 0 aliphatic rings. The Kier molecular flexibility index (Phi) is 6.17. The second-order valence-electron chi connectivity index (χ2n) is 5.61. The molecule has 0 spiro atoms. The molecule has 0 saturated heterocycles. The van der Waals surface area contributed by atoms with Gasteiger partial charge in [0.15, 0.2) is 0 Å². The molecule has 0 unspecified atom stereocenters. The van der Waals surface area contributed by atoms with Gasteiger partial charge in [0.2, 0.25) is 0 Å². The fourth-order valence-electron chi connectivity index (χ4n) is 2.27. The van der Waals surface area contributed by atoms with Crippen molar-refractivity contribution in [1.82, 2.24) is 0 Å². The van der Waals surface area contributed by atoms with Crippen LogP contribution in [0.3, 0.4) is 0 Å². The van der Waals surface area contributed by atoms with Crippen LogP contribution in [0, 0.1) is 0 Å². The molecule has 0 bridgehead atoms. The normalized spacial score (nSPS) is 11.4. The van der Waals surface area contributed by atoms with Gasteiger partial charge in [0.25, 0.3) is 0 Å². The van der Waals surface area contributed by atoms with Gasteiger partial charge in [-0.1, -0.05) is 32.0 Å². The molecule has 4 heteroatoms. The van der Waals surface area contributed by atoms with Crippen LogP contribution in [0.4, 0.5) is 0 Å². The average molecular weight is 280 g/mol. The molecule has 0 radical (unpaired) electrons. The molecule has 0 fully saturated rings. The molecule has 1 aromatic rings. The number of rotatable bonds is 7. The summed E-state index contributed by atoms with van der Waals surface area (Å²) in [4.78, 5) is 11.1. The largest absolute Gasteiger partial charge is 0.469 e. The standard InChI is InChI=1S/C16H24O4/c1-16(2,8-4-5-15(19)20-3)14-7-6-12(10-17)13(9-14)11-18/h6-7,9,17-18H,4-5,8,10-11H2,1-3H3. The second kappa shape index (κ2) is 7.41. The summed E-state index contributed by atoms with van der Waals surface area (Å²) >= 11 is 0. The molecule has 4 nitrogen and oxygen atoms in total. The Morgan fingerprint density at radius 2 is 1.85 bits per heavy atom. The Bertz CT molecular complexity index is 452. The molecule has 20 heavy (non-hydrogen) atoms. The zero-order chi connectivity index (χ0) is 15.2. The number of aliphatic hydroxyl groups excluding tert-OH is 2. The number of aliphatic hydroxyl groups is 2. The van der Waals surface area contributed by atoms with Gasteiger partial charge in [0.05, 0.1) is 20.3 Å². The lowest BCUT2D eigenvalue weighted by molar-refractivity contribution is -0.140. The van der Waals surface area contributed by atoms with Crippen molar-refractivity contribution in [3.8, 4) is 0 Å². The Morgan fingerprint density at radius 1 is 1.20 bits per heavy atom. The summed E-state index contributed by atoms with van der Waals surface area (Å²) in [7, 11) is 1.40. The molecule has 1 aromatic carbocycles. The number of hydrogen-bond donors (Lipinski definition) is 2. The third kappa shape index (κ3) is 4.32. The summed E-state index contributed by atoms with van der Waals surface area (Å²) in [6, 6.07) is 5.76. The number of carbonyl (C=O) groups excluding carboxylic acids is 1. The summed E-state index contributed by atoms with van der Waals surface area (Å²) in [6.07, 6.45) is 2.03. The van der Waals surface area contributed by atoms with E-state index in [0.29, 0.717) is 6.42 Å². The van der Waals surface area contributed by atoms with Gasteiger partial charge in [-0.2, -0.15) is 0 Å². The van der Waals surface area contributed by atoms with Crippen LogP contribution >= 0.6 is 0 Å². The third-order valence-corrected chi connectivity index (χ3v) is 3.74. The maximum Gasteiger partial charge on any atom is 0.305 e. The molecular formula is C16H24O4. The highest BCUT2D eigenvalue weighted by Crippen LogP contribution is 2.30. The number of ether oxygens (including phenoxy) is 1. The van der Waals surface area contributed by atoms with Crippen molar-refractivity contribution < 1.29 is 19.7 Å². The minimum absolute atomic E-state index is 0.0705. The molecule has 2 N–H and O–H groups in total. The number of carbonyl (C=O) groups is 1. The Labute approximate surface area is 120 Å². The van der Waals surface area contributed by atoms with E-state index in [-0.39, 0.29) is 24.6 Å². The Balaban J connectivity index is 2.78. The van der Waals surface area contributed by atoms with Crippen LogP contribution in [0.2, 0.25) is 0 Å². The van der Waals surface area contributed by atoms with Gasteiger partial charge in [-0.25, -0.2) is 0 Å². The first-order valence-corrected chi connectivity index (χ1v) is 6.85. The highest BCUT2D eigenvalue weighted by Gasteiger charge is 2.21. The lowest BCUT2D eigenvalue weighted by atomic mass is 9.79. The van der Waals surface area contributed by atoms with E-state index < -0.39 is 0 Å². The van der Waals surface area contributed by atoms with Crippen molar-refractivity contribution in [3.05, 3.63) is 34.9 Å². The first kappa shape index (κ1) is 16.7. The third-order valence-electron chi connectivity index (χ3n) is 3.74. The zero-order valence-corrected chi connectivity index (χ0v) is 12.5. The van der Waals surface area contributed by atoms with Gasteiger partial charge < -0.3 is 14.9 Å². The van der Waals surface area contributed by atoms with E-state index in [1.54, 1.807) is 0 Å². The fraction of sp³-hybridized carbons (Fsp3) is 0.562. The predicted octanol–water partition coefficient (Wildman–Crippen LogP) is 2.29. The molecule has 0 atom stereocenters. The van der Waals surface area contributed by atoms with E-state index in [2.05, 4.69) is 18.6 Å². The van der Waals surface area contributed by atoms with E-state index in [1.165, 1.54) is 7.11 Å². The van der Waals surface area contributed by atoms with Crippen LogP contribution in [-0.2, 0) is 28.2 Å². The van der Waals surface area contributed by atoms with Gasteiger partial charge in [-0.3, -0.25) is 4.79 Å². The summed E-state index contributed by atoms with van der Waals surface area (Å²) in [6.45, 7) is 4.07. The first-order chi connectivity index (χ1) is 9.44. The number of methoxy groups -OCH3 is 1. The van der Waals surface area contributed by atoms with Crippen molar-refractivity contribution in [2.75, 3.05) is 7.11 Å². The molecule has 0 saturated carbocycles. The SMILES string of the molecule is COC(=O)CCCC(C)(C)c1ccc(CO)c(CO)c1. The van der Waals surface area contributed by atoms with Gasteiger partial charge in [-0.15, -0.1) is 0 Å².